The van der Waals surface area contributed by atoms with Crippen LogP contribution in [0.3, 0.4) is 0 Å². The summed E-state index contributed by atoms with van der Waals surface area (Å²) in [5.74, 6) is -1.34. The molecule has 0 aromatic heterocycles. The summed E-state index contributed by atoms with van der Waals surface area (Å²) in [6, 6.07) is 7.36. The van der Waals surface area contributed by atoms with Gasteiger partial charge in [-0.2, -0.15) is 0 Å². The highest BCUT2D eigenvalue weighted by Crippen LogP contribution is 2.35. The van der Waals surface area contributed by atoms with E-state index in [-0.39, 0.29) is 22.7 Å². The van der Waals surface area contributed by atoms with E-state index in [2.05, 4.69) is 10.6 Å². The molecule has 0 aliphatic carbocycles. The molecule has 0 saturated heterocycles. The molecule has 0 atom stereocenters. The fourth-order valence-electron chi connectivity index (χ4n) is 1.78. The second kappa shape index (κ2) is 5.52. The van der Waals surface area contributed by atoms with Gasteiger partial charge in [0.05, 0.1) is 10.6 Å². The molecule has 2 aromatic carbocycles. The van der Waals surface area contributed by atoms with E-state index in [1.165, 1.54) is 19.2 Å². The topological polar surface area (TPSA) is 67.2 Å². The van der Waals surface area contributed by atoms with Gasteiger partial charge in [-0.3, -0.25) is 10.1 Å². The van der Waals surface area contributed by atoms with Crippen LogP contribution in [-0.4, -0.2) is 12.0 Å². The van der Waals surface area contributed by atoms with Crippen LogP contribution in [0, 0.1) is 21.7 Å². The van der Waals surface area contributed by atoms with Crippen molar-refractivity contribution in [2.45, 2.75) is 0 Å². The number of hydrogen-bond acceptors (Lipinski definition) is 4. The Kier molecular flexibility index (Phi) is 3.79. The molecular formula is C13H11F2N3O2. The molecule has 0 bridgehead atoms. The van der Waals surface area contributed by atoms with Crippen LogP contribution >= 0.6 is 0 Å². The average molecular weight is 279 g/mol. The number of rotatable bonds is 4. The van der Waals surface area contributed by atoms with E-state index in [0.29, 0.717) is 0 Å². The molecule has 0 aliphatic rings. The Morgan fingerprint density at radius 1 is 1.10 bits per heavy atom. The zero-order valence-electron chi connectivity index (χ0n) is 10.5. The minimum atomic E-state index is -0.699. The Bertz CT molecular complexity index is 662. The Morgan fingerprint density at radius 2 is 1.80 bits per heavy atom. The van der Waals surface area contributed by atoms with Crippen molar-refractivity contribution < 1.29 is 13.7 Å². The Hall–Kier alpha value is -2.70. The van der Waals surface area contributed by atoms with E-state index in [1.54, 1.807) is 6.07 Å². The van der Waals surface area contributed by atoms with Gasteiger partial charge in [-0.1, -0.05) is 6.07 Å². The van der Waals surface area contributed by atoms with Crippen molar-refractivity contribution in [3.8, 4) is 0 Å². The minimum absolute atomic E-state index is 0.0753. The summed E-state index contributed by atoms with van der Waals surface area (Å²) in [4.78, 5) is 10.5. The monoisotopic (exact) mass is 279 g/mol. The number of hydrogen-bond donors (Lipinski definition) is 2. The number of para-hydroxylation sites is 1. The lowest BCUT2D eigenvalue weighted by molar-refractivity contribution is -0.383. The van der Waals surface area contributed by atoms with Gasteiger partial charge in [-0.25, -0.2) is 8.78 Å². The number of nitrogens with zero attached hydrogens (tertiary/aromatic N) is 1. The van der Waals surface area contributed by atoms with Gasteiger partial charge < -0.3 is 10.6 Å². The van der Waals surface area contributed by atoms with Crippen LogP contribution in [-0.2, 0) is 0 Å². The van der Waals surface area contributed by atoms with E-state index in [0.717, 1.165) is 18.2 Å². The van der Waals surface area contributed by atoms with Gasteiger partial charge in [0.2, 0.25) is 0 Å². The van der Waals surface area contributed by atoms with E-state index < -0.39 is 16.6 Å². The summed E-state index contributed by atoms with van der Waals surface area (Å²) in [7, 11) is 1.54. The normalized spacial score (nSPS) is 10.2. The fourth-order valence-corrected chi connectivity index (χ4v) is 1.78. The van der Waals surface area contributed by atoms with Gasteiger partial charge >= 0.3 is 5.69 Å². The van der Waals surface area contributed by atoms with E-state index >= 15 is 0 Å². The largest absolute Gasteiger partial charge is 0.382 e. The van der Waals surface area contributed by atoms with E-state index in [1.807, 2.05) is 0 Å². The van der Waals surface area contributed by atoms with Crippen molar-refractivity contribution in [1.82, 2.24) is 0 Å². The minimum Gasteiger partial charge on any atom is -0.382 e. The molecule has 0 saturated carbocycles. The van der Waals surface area contributed by atoms with Crippen LogP contribution in [0.1, 0.15) is 0 Å². The van der Waals surface area contributed by atoms with Gasteiger partial charge in [0, 0.05) is 13.1 Å². The maximum Gasteiger partial charge on any atom is 0.315 e. The van der Waals surface area contributed by atoms with E-state index in [4.69, 9.17) is 0 Å². The molecule has 2 rings (SSSR count). The van der Waals surface area contributed by atoms with Crippen molar-refractivity contribution in [2.24, 2.45) is 0 Å². The summed E-state index contributed by atoms with van der Waals surface area (Å²) in [6.07, 6.45) is 0. The molecule has 2 aromatic rings. The molecule has 20 heavy (non-hydrogen) atoms. The SMILES string of the molecule is CNc1cccc(Nc2cc(F)ccc2F)c1[N+](=O)[O-]. The first-order valence-electron chi connectivity index (χ1n) is 5.70. The summed E-state index contributed by atoms with van der Waals surface area (Å²) >= 11 is 0. The van der Waals surface area contributed by atoms with Crippen LogP contribution in [0.25, 0.3) is 0 Å². The highest BCUT2D eigenvalue weighted by Gasteiger charge is 2.19. The number of anilines is 3. The lowest BCUT2D eigenvalue weighted by atomic mass is 10.2. The number of benzene rings is 2. The first-order chi connectivity index (χ1) is 9.52. The van der Waals surface area contributed by atoms with Crippen LogP contribution < -0.4 is 10.6 Å². The third-order valence-electron chi connectivity index (χ3n) is 2.69. The highest BCUT2D eigenvalue weighted by atomic mass is 19.1. The van der Waals surface area contributed by atoms with Crippen LogP contribution in [0.5, 0.6) is 0 Å². The first kappa shape index (κ1) is 13.7. The fraction of sp³-hybridized carbons (Fsp3) is 0.0769. The van der Waals surface area contributed by atoms with Gasteiger partial charge in [0.15, 0.2) is 0 Å². The standard InChI is InChI=1S/C13H11F2N3O2/c1-16-10-3-2-4-11(13(10)18(19)20)17-12-7-8(14)5-6-9(12)15/h2-7,16-17H,1H3. The number of halogens is 2. The van der Waals surface area contributed by atoms with Gasteiger partial charge in [-0.05, 0) is 24.3 Å². The maximum absolute atomic E-state index is 13.6. The summed E-state index contributed by atoms with van der Waals surface area (Å²) in [5.41, 5.74) is -0.0526. The second-order valence-corrected chi connectivity index (χ2v) is 3.96. The van der Waals surface area contributed by atoms with Crippen LogP contribution in [0.4, 0.5) is 31.5 Å². The lowest BCUT2D eigenvalue weighted by Gasteiger charge is -2.10. The molecule has 0 heterocycles. The molecular weight excluding hydrogens is 268 g/mol. The average Bonchev–Trinajstić information content (AvgIpc) is 2.42. The van der Waals surface area contributed by atoms with Gasteiger partial charge in [0.1, 0.15) is 23.0 Å². The van der Waals surface area contributed by atoms with Crippen molar-refractivity contribution in [3.63, 3.8) is 0 Å². The Balaban J connectivity index is 2.48. The predicted octanol–water partition coefficient (Wildman–Crippen LogP) is 3.66. The zero-order valence-corrected chi connectivity index (χ0v) is 10.5. The van der Waals surface area contributed by atoms with Crippen molar-refractivity contribution in [2.75, 3.05) is 17.7 Å². The number of nitro groups is 1. The molecule has 5 nitrogen and oxygen atoms in total. The molecule has 104 valence electrons. The van der Waals surface area contributed by atoms with Crippen molar-refractivity contribution >= 4 is 22.7 Å². The highest BCUT2D eigenvalue weighted by molar-refractivity contribution is 5.79. The molecule has 7 heteroatoms. The molecule has 0 unspecified atom stereocenters. The van der Waals surface area contributed by atoms with Crippen LogP contribution in [0.2, 0.25) is 0 Å². The van der Waals surface area contributed by atoms with Crippen molar-refractivity contribution in [3.05, 3.63) is 58.1 Å². The van der Waals surface area contributed by atoms with Crippen molar-refractivity contribution in [1.29, 1.82) is 0 Å². The summed E-state index contributed by atoms with van der Waals surface area (Å²) < 4.78 is 26.7. The Labute approximate surface area is 113 Å². The van der Waals surface area contributed by atoms with Crippen LogP contribution in [0.15, 0.2) is 36.4 Å². The summed E-state index contributed by atoms with van der Waals surface area (Å²) in [6.45, 7) is 0. The summed E-state index contributed by atoms with van der Waals surface area (Å²) in [5, 5.41) is 16.3. The lowest BCUT2D eigenvalue weighted by Crippen LogP contribution is -2.02. The van der Waals surface area contributed by atoms with Gasteiger partial charge in [-0.15, -0.1) is 0 Å². The molecule has 0 amide bonds. The Morgan fingerprint density at radius 3 is 2.45 bits per heavy atom. The molecule has 0 aliphatic heterocycles. The second-order valence-electron chi connectivity index (χ2n) is 3.96. The number of nitro benzene ring substituents is 1. The van der Waals surface area contributed by atoms with Gasteiger partial charge in [0.25, 0.3) is 0 Å². The maximum atomic E-state index is 13.6. The number of nitrogens with one attached hydrogen (secondary N) is 2. The molecule has 0 fully saturated rings. The molecule has 2 N–H and O–H groups in total. The molecule has 0 spiro atoms. The predicted molar refractivity (Wildman–Crippen MR) is 72.3 cm³/mol. The first-order valence-corrected chi connectivity index (χ1v) is 5.70. The third kappa shape index (κ3) is 2.66. The third-order valence-corrected chi connectivity index (χ3v) is 2.69. The molecule has 0 radical (unpaired) electrons. The van der Waals surface area contributed by atoms with E-state index in [9.17, 15) is 18.9 Å². The quantitative estimate of drug-likeness (QED) is 0.662. The zero-order chi connectivity index (χ0) is 14.7. The smallest absolute Gasteiger partial charge is 0.315 e.